The normalized spacial score (nSPS) is 15.5. The van der Waals surface area contributed by atoms with Crippen LogP contribution in [0.25, 0.3) is 6.08 Å². The van der Waals surface area contributed by atoms with Crippen LogP contribution in [0.3, 0.4) is 0 Å². The molecule has 0 saturated carbocycles. The van der Waals surface area contributed by atoms with Crippen molar-refractivity contribution in [3.05, 3.63) is 95.1 Å². The number of benzene rings is 2. The zero-order chi connectivity index (χ0) is 24.4. The van der Waals surface area contributed by atoms with Gasteiger partial charge in [0.05, 0.1) is 33.4 Å². The molecule has 1 aliphatic heterocycles. The number of carbonyl (C=O) groups excluding carboxylic acids is 2. The second kappa shape index (κ2) is 9.90. The molecule has 1 aromatic heterocycles. The lowest BCUT2D eigenvalue weighted by atomic mass is 9.95. The number of aromatic nitrogens is 1. The number of fused-ring (bicyclic) bond motifs is 1. The second-order valence-corrected chi connectivity index (χ2v) is 9.35. The van der Waals surface area contributed by atoms with Crippen LogP contribution in [0.1, 0.15) is 37.4 Å². The van der Waals surface area contributed by atoms with Gasteiger partial charge in [-0.3, -0.25) is 14.2 Å². The van der Waals surface area contributed by atoms with Crippen LogP contribution in [0.5, 0.6) is 5.75 Å². The number of thiazole rings is 1. The van der Waals surface area contributed by atoms with Crippen LogP contribution >= 0.6 is 27.3 Å². The Hall–Kier alpha value is -3.30. The summed E-state index contributed by atoms with van der Waals surface area (Å²) in [5.74, 6) is -0.532. The summed E-state index contributed by atoms with van der Waals surface area (Å²) < 4.78 is 12.8. The van der Waals surface area contributed by atoms with Crippen LogP contribution in [-0.4, -0.2) is 23.6 Å². The van der Waals surface area contributed by atoms with Crippen molar-refractivity contribution in [2.45, 2.75) is 26.3 Å². The maximum atomic E-state index is 13.6. The largest absolute Gasteiger partial charge is 0.466 e. The predicted molar refractivity (Wildman–Crippen MR) is 132 cm³/mol. The third kappa shape index (κ3) is 4.53. The summed E-state index contributed by atoms with van der Waals surface area (Å²) >= 11 is 4.66. The van der Waals surface area contributed by atoms with Crippen LogP contribution in [0.4, 0.5) is 0 Å². The van der Waals surface area contributed by atoms with E-state index in [1.54, 1.807) is 28.8 Å². The number of halogens is 1. The van der Waals surface area contributed by atoms with Crippen molar-refractivity contribution in [2.24, 2.45) is 4.99 Å². The van der Waals surface area contributed by atoms with E-state index in [9.17, 15) is 14.4 Å². The summed E-state index contributed by atoms with van der Waals surface area (Å²) in [5.41, 5.74) is 2.25. The molecule has 4 rings (SSSR count). The standard InChI is InChI=1S/C25H21BrN2O5S/c1-4-18-21(24(31)32-3)22(16-8-6-5-7-9-16)28-23(30)20(34-25(28)27-18)13-15-10-11-19(17(26)12-15)33-14(2)29/h5-13,22H,4H2,1-3H3/b20-13+/t22-/m1/s1. The van der Waals surface area contributed by atoms with Gasteiger partial charge in [-0.15, -0.1) is 0 Å². The molecule has 2 heterocycles. The molecule has 0 saturated heterocycles. The molecule has 34 heavy (non-hydrogen) atoms. The van der Waals surface area contributed by atoms with Gasteiger partial charge in [-0.2, -0.15) is 0 Å². The lowest BCUT2D eigenvalue weighted by Crippen LogP contribution is -2.40. The summed E-state index contributed by atoms with van der Waals surface area (Å²) in [7, 11) is 1.33. The Morgan fingerprint density at radius 1 is 1.21 bits per heavy atom. The van der Waals surface area contributed by atoms with E-state index >= 15 is 0 Å². The molecule has 9 heteroatoms. The van der Waals surface area contributed by atoms with E-state index in [0.717, 1.165) is 11.1 Å². The topological polar surface area (TPSA) is 87.0 Å². The van der Waals surface area contributed by atoms with Crippen molar-refractivity contribution in [3.63, 3.8) is 0 Å². The fourth-order valence-corrected chi connectivity index (χ4v) is 5.31. The van der Waals surface area contributed by atoms with E-state index in [4.69, 9.17) is 9.47 Å². The minimum atomic E-state index is -0.639. The highest BCUT2D eigenvalue weighted by molar-refractivity contribution is 9.10. The molecule has 0 amide bonds. The fourth-order valence-electron chi connectivity index (χ4n) is 3.81. The molecule has 0 N–H and O–H groups in total. The Labute approximate surface area is 207 Å². The second-order valence-electron chi connectivity index (χ2n) is 7.48. The van der Waals surface area contributed by atoms with Gasteiger partial charge in [0.1, 0.15) is 5.75 Å². The lowest BCUT2D eigenvalue weighted by molar-refractivity contribution is -0.136. The van der Waals surface area contributed by atoms with E-state index in [1.807, 2.05) is 37.3 Å². The Morgan fingerprint density at radius 2 is 1.94 bits per heavy atom. The molecule has 1 aliphatic rings. The van der Waals surface area contributed by atoms with Crippen LogP contribution < -0.4 is 19.6 Å². The molecular formula is C25H21BrN2O5S. The molecule has 7 nitrogen and oxygen atoms in total. The third-order valence-electron chi connectivity index (χ3n) is 5.27. The van der Waals surface area contributed by atoms with Gasteiger partial charge in [-0.25, -0.2) is 9.79 Å². The number of allylic oxidation sites excluding steroid dienone is 1. The quantitative estimate of drug-likeness (QED) is 0.365. The van der Waals surface area contributed by atoms with Crippen molar-refractivity contribution in [3.8, 4) is 5.75 Å². The monoisotopic (exact) mass is 540 g/mol. The number of nitrogens with zero attached hydrogens (tertiary/aromatic N) is 2. The van der Waals surface area contributed by atoms with Gasteiger partial charge in [0.15, 0.2) is 4.80 Å². The predicted octanol–water partition coefficient (Wildman–Crippen LogP) is 3.49. The maximum Gasteiger partial charge on any atom is 0.338 e. The van der Waals surface area contributed by atoms with E-state index < -0.39 is 18.0 Å². The number of rotatable bonds is 5. The molecule has 0 aliphatic carbocycles. The molecular weight excluding hydrogens is 520 g/mol. The van der Waals surface area contributed by atoms with Gasteiger partial charge < -0.3 is 9.47 Å². The van der Waals surface area contributed by atoms with Gasteiger partial charge in [0.2, 0.25) is 0 Å². The zero-order valence-corrected chi connectivity index (χ0v) is 21.1. The Bertz CT molecular complexity index is 1490. The van der Waals surface area contributed by atoms with Crippen LogP contribution in [-0.2, 0) is 14.3 Å². The molecule has 0 radical (unpaired) electrons. The lowest BCUT2D eigenvalue weighted by Gasteiger charge is -2.25. The van der Waals surface area contributed by atoms with Crippen LogP contribution in [0, 0.1) is 0 Å². The van der Waals surface area contributed by atoms with Crippen LogP contribution in [0.2, 0.25) is 0 Å². The van der Waals surface area contributed by atoms with Crippen molar-refractivity contribution in [1.29, 1.82) is 0 Å². The average Bonchev–Trinajstić information content (AvgIpc) is 3.14. The molecule has 2 aromatic carbocycles. The molecule has 174 valence electrons. The Kier molecular flexibility index (Phi) is 6.95. The highest BCUT2D eigenvalue weighted by Crippen LogP contribution is 2.31. The Balaban J connectivity index is 1.91. The number of ether oxygens (including phenoxy) is 2. The molecule has 0 bridgehead atoms. The van der Waals surface area contributed by atoms with E-state index in [-0.39, 0.29) is 5.56 Å². The third-order valence-corrected chi connectivity index (χ3v) is 6.88. The first kappa shape index (κ1) is 23.8. The van der Waals surface area contributed by atoms with Gasteiger partial charge in [-0.05, 0) is 51.7 Å². The Morgan fingerprint density at radius 3 is 2.56 bits per heavy atom. The number of carbonyl (C=O) groups is 2. The SMILES string of the molecule is CCC1=C(C(=O)OC)[C@@H](c2ccccc2)n2c(s/c(=C/c3ccc(OC(C)=O)c(Br)c3)c2=O)=N1. The maximum absolute atomic E-state index is 13.6. The molecule has 0 unspecified atom stereocenters. The summed E-state index contributed by atoms with van der Waals surface area (Å²) in [6.07, 6.45) is 2.27. The average molecular weight is 541 g/mol. The van der Waals surface area contributed by atoms with Crippen molar-refractivity contribution in [2.75, 3.05) is 7.11 Å². The number of hydrogen-bond acceptors (Lipinski definition) is 7. The van der Waals surface area contributed by atoms with Gasteiger partial charge in [0.25, 0.3) is 5.56 Å². The minimum Gasteiger partial charge on any atom is -0.466 e. The number of esters is 2. The highest BCUT2D eigenvalue weighted by atomic mass is 79.9. The smallest absolute Gasteiger partial charge is 0.338 e. The number of methoxy groups -OCH3 is 1. The number of hydrogen-bond donors (Lipinski definition) is 0. The van der Waals surface area contributed by atoms with Gasteiger partial charge in [0, 0.05) is 6.92 Å². The highest BCUT2D eigenvalue weighted by Gasteiger charge is 2.33. The van der Waals surface area contributed by atoms with E-state index in [0.29, 0.717) is 37.2 Å². The first-order chi connectivity index (χ1) is 16.3. The summed E-state index contributed by atoms with van der Waals surface area (Å²) in [6.45, 7) is 3.25. The molecule has 0 fully saturated rings. The van der Waals surface area contributed by atoms with Gasteiger partial charge in [-0.1, -0.05) is 54.7 Å². The molecule has 0 spiro atoms. The van der Waals surface area contributed by atoms with Crippen LogP contribution in [0.15, 0.2) is 74.1 Å². The summed E-state index contributed by atoms with van der Waals surface area (Å²) in [6, 6.07) is 13.9. The minimum absolute atomic E-state index is 0.255. The van der Waals surface area contributed by atoms with Gasteiger partial charge >= 0.3 is 11.9 Å². The summed E-state index contributed by atoms with van der Waals surface area (Å²) in [4.78, 5) is 42.8. The van der Waals surface area contributed by atoms with E-state index in [2.05, 4.69) is 20.9 Å². The summed E-state index contributed by atoms with van der Waals surface area (Å²) in [5, 5.41) is 0. The zero-order valence-electron chi connectivity index (χ0n) is 18.7. The first-order valence-corrected chi connectivity index (χ1v) is 12.1. The molecule has 1 atom stereocenters. The van der Waals surface area contributed by atoms with Crippen molar-refractivity contribution in [1.82, 2.24) is 4.57 Å². The first-order valence-electron chi connectivity index (χ1n) is 10.5. The van der Waals surface area contributed by atoms with E-state index in [1.165, 1.54) is 25.4 Å². The van der Waals surface area contributed by atoms with Crippen molar-refractivity contribution < 1.29 is 19.1 Å². The fraction of sp³-hybridized carbons (Fsp3) is 0.200. The molecule has 3 aromatic rings. The van der Waals surface area contributed by atoms with Crippen molar-refractivity contribution >= 4 is 45.3 Å².